The Balaban J connectivity index is 0.000000142. The summed E-state index contributed by atoms with van der Waals surface area (Å²) in [4.78, 5) is 9.46. The Hall–Kier alpha value is -4.73. The molecule has 0 spiro atoms. The normalized spacial score (nSPS) is 14.2. The van der Waals surface area contributed by atoms with Gasteiger partial charge in [0.15, 0.2) is 0 Å². The molecule has 4 heteroatoms. The average molecular weight is 839 g/mol. The molecular formula is C46H34IrN2S-2. The van der Waals surface area contributed by atoms with Crippen LogP contribution in [-0.4, -0.2) is 9.97 Å². The van der Waals surface area contributed by atoms with Crippen molar-refractivity contribution < 1.29 is 20.1 Å². The molecule has 0 fully saturated rings. The largest absolute Gasteiger partial charge is 0.304 e. The molecule has 2 heterocycles. The molecule has 8 aromatic rings. The monoisotopic (exact) mass is 839 g/mol. The zero-order valence-corrected chi connectivity index (χ0v) is 31.5. The van der Waals surface area contributed by atoms with Crippen molar-refractivity contribution in [2.45, 2.75) is 38.5 Å². The minimum Gasteiger partial charge on any atom is -0.304 e. The van der Waals surface area contributed by atoms with Gasteiger partial charge >= 0.3 is 0 Å². The van der Waals surface area contributed by atoms with Crippen molar-refractivity contribution in [3.05, 3.63) is 168 Å². The number of fused-ring (bicyclic) bond motifs is 8. The molecule has 0 atom stereocenters. The summed E-state index contributed by atoms with van der Waals surface area (Å²) in [6.07, 6.45) is 1.95. The summed E-state index contributed by atoms with van der Waals surface area (Å²) in [5.74, 6) is 0. The quantitative estimate of drug-likeness (QED) is 0.162. The number of hydrogen-bond donors (Lipinski definition) is 0. The number of aromatic nitrogens is 2. The Morgan fingerprint density at radius 3 is 1.74 bits per heavy atom. The van der Waals surface area contributed by atoms with Gasteiger partial charge in [0.25, 0.3) is 0 Å². The molecule has 2 nitrogen and oxygen atoms in total. The molecular weight excluding hydrogens is 805 g/mol. The molecule has 245 valence electrons. The molecule has 0 saturated carbocycles. The standard InChI is InChI=1S/C24H18N.C22H16NS.Ir/c1-24(2)21-10-6-5-9-19(21)20-12-11-17(13-22(20)24)23-14-16-7-3-4-8-18(16)15-25-23;1-22(2)17-8-4-3-7-15(17)16-12-11-14(13-18(16)22)21-23-19-9-5-6-10-20(19)24-21;/h3-10,12-15H,1-2H3;3-10,12-13H,1-2H3;/q2*-1;. The predicted molar refractivity (Wildman–Crippen MR) is 205 cm³/mol. The van der Waals surface area contributed by atoms with E-state index >= 15 is 0 Å². The first-order valence-corrected chi connectivity index (χ1v) is 17.6. The van der Waals surface area contributed by atoms with Crippen LogP contribution in [0.1, 0.15) is 49.9 Å². The number of pyridine rings is 1. The van der Waals surface area contributed by atoms with Crippen molar-refractivity contribution in [3.8, 4) is 44.1 Å². The molecule has 2 aromatic heterocycles. The van der Waals surface area contributed by atoms with E-state index in [0.29, 0.717) is 0 Å². The summed E-state index contributed by atoms with van der Waals surface area (Å²) in [5.41, 5.74) is 15.0. The van der Waals surface area contributed by atoms with Crippen LogP contribution in [0.4, 0.5) is 0 Å². The summed E-state index contributed by atoms with van der Waals surface area (Å²) < 4.78 is 1.23. The van der Waals surface area contributed by atoms with Gasteiger partial charge in [-0.15, -0.1) is 58.7 Å². The summed E-state index contributed by atoms with van der Waals surface area (Å²) >= 11 is 1.74. The van der Waals surface area contributed by atoms with E-state index in [1.54, 1.807) is 11.3 Å². The maximum absolute atomic E-state index is 4.79. The van der Waals surface area contributed by atoms with Crippen LogP contribution in [0.25, 0.3) is 65.1 Å². The fourth-order valence-electron chi connectivity index (χ4n) is 7.77. The predicted octanol–water partition coefficient (Wildman–Crippen LogP) is 12.1. The molecule has 10 rings (SSSR count). The van der Waals surface area contributed by atoms with Crippen molar-refractivity contribution in [2.24, 2.45) is 0 Å². The number of benzene rings is 6. The van der Waals surface area contributed by atoms with Gasteiger partial charge in [-0.25, -0.2) is 0 Å². The molecule has 0 saturated heterocycles. The van der Waals surface area contributed by atoms with Crippen molar-refractivity contribution in [3.63, 3.8) is 0 Å². The van der Waals surface area contributed by atoms with Crippen LogP contribution in [0.2, 0.25) is 0 Å². The second-order valence-corrected chi connectivity index (χ2v) is 15.1. The molecule has 0 N–H and O–H groups in total. The van der Waals surface area contributed by atoms with Gasteiger partial charge in [-0.05, 0) is 50.6 Å². The minimum atomic E-state index is 0. The van der Waals surface area contributed by atoms with Crippen molar-refractivity contribution >= 4 is 32.3 Å². The van der Waals surface area contributed by atoms with Crippen LogP contribution in [0.15, 0.2) is 134 Å². The number of rotatable bonds is 2. The van der Waals surface area contributed by atoms with Gasteiger partial charge < -0.3 is 4.98 Å². The molecule has 1 radical (unpaired) electrons. The van der Waals surface area contributed by atoms with E-state index in [9.17, 15) is 0 Å². The third kappa shape index (κ3) is 5.17. The molecule has 0 unspecified atom stereocenters. The van der Waals surface area contributed by atoms with E-state index in [0.717, 1.165) is 27.3 Å². The van der Waals surface area contributed by atoms with E-state index in [1.807, 2.05) is 18.3 Å². The van der Waals surface area contributed by atoms with Crippen LogP contribution in [0.3, 0.4) is 0 Å². The first-order valence-electron chi connectivity index (χ1n) is 16.8. The van der Waals surface area contributed by atoms with E-state index in [-0.39, 0.29) is 30.9 Å². The van der Waals surface area contributed by atoms with E-state index in [1.165, 1.54) is 60.0 Å². The molecule has 0 aliphatic heterocycles. The van der Waals surface area contributed by atoms with Crippen molar-refractivity contribution in [2.75, 3.05) is 0 Å². The molecule has 0 bridgehead atoms. The van der Waals surface area contributed by atoms with E-state index < -0.39 is 0 Å². The number of nitrogens with zero attached hydrogens (tertiary/aromatic N) is 2. The van der Waals surface area contributed by atoms with Crippen LogP contribution in [0, 0.1) is 12.1 Å². The average Bonchev–Trinajstić information content (AvgIpc) is 3.75. The zero-order valence-electron chi connectivity index (χ0n) is 28.3. The third-order valence-electron chi connectivity index (χ3n) is 10.5. The summed E-state index contributed by atoms with van der Waals surface area (Å²) in [7, 11) is 0. The second kappa shape index (κ2) is 12.2. The van der Waals surface area contributed by atoms with Crippen LogP contribution >= 0.6 is 11.3 Å². The van der Waals surface area contributed by atoms with Crippen LogP contribution in [-0.2, 0) is 30.9 Å². The molecule has 2 aliphatic rings. The first kappa shape index (κ1) is 32.5. The minimum absolute atomic E-state index is 0. The van der Waals surface area contributed by atoms with Crippen LogP contribution < -0.4 is 0 Å². The van der Waals surface area contributed by atoms with Gasteiger partial charge in [0.2, 0.25) is 0 Å². The van der Waals surface area contributed by atoms with Gasteiger partial charge in [-0.2, -0.15) is 11.3 Å². The van der Waals surface area contributed by atoms with Gasteiger partial charge in [-0.1, -0.05) is 141 Å². The SMILES string of the molecule is CC1(C)c2ccccc2-c2c[c-]c(-c3cc4ccccc4cn3)cc21.CC1(C)c2ccccc2-c2c[c-]c(-c3nc4ccccc4s3)cc21.[Ir]. The first-order chi connectivity index (χ1) is 23.8. The Labute approximate surface area is 311 Å². The van der Waals surface area contributed by atoms with Crippen molar-refractivity contribution in [1.82, 2.24) is 9.97 Å². The van der Waals surface area contributed by atoms with Gasteiger partial charge in [0.05, 0.1) is 5.52 Å². The Morgan fingerprint density at radius 1 is 0.540 bits per heavy atom. The number of para-hydroxylation sites is 1. The fraction of sp³-hybridized carbons (Fsp3) is 0.130. The van der Waals surface area contributed by atoms with Gasteiger partial charge in [0, 0.05) is 36.0 Å². The number of hydrogen-bond acceptors (Lipinski definition) is 3. The maximum Gasteiger partial charge on any atom is 0.0697 e. The number of thiazole rings is 1. The molecule has 0 amide bonds. The van der Waals surface area contributed by atoms with E-state index in [2.05, 4.69) is 160 Å². The Morgan fingerprint density at radius 2 is 1.08 bits per heavy atom. The summed E-state index contributed by atoms with van der Waals surface area (Å²) in [6, 6.07) is 52.0. The van der Waals surface area contributed by atoms with Crippen LogP contribution in [0.5, 0.6) is 0 Å². The Bertz CT molecular complexity index is 2540. The third-order valence-corrected chi connectivity index (χ3v) is 11.5. The zero-order chi connectivity index (χ0) is 33.3. The summed E-state index contributed by atoms with van der Waals surface area (Å²) in [5, 5.41) is 3.43. The topological polar surface area (TPSA) is 25.8 Å². The maximum atomic E-state index is 4.79. The van der Waals surface area contributed by atoms with Crippen molar-refractivity contribution in [1.29, 1.82) is 0 Å². The fourth-order valence-corrected chi connectivity index (χ4v) is 8.71. The van der Waals surface area contributed by atoms with Gasteiger partial charge in [-0.3, -0.25) is 4.98 Å². The molecule has 6 aromatic carbocycles. The summed E-state index contributed by atoms with van der Waals surface area (Å²) in [6.45, 7) is 9.21. The smallest absolute Gasteiger partial charge is 0.0697 e. The Kier molecular flexibility index (Phi) is 7.95. The molecule has 2 aliphatic carbocycles. The van der Waals surface area contributed by atoms with E-state index in [4.69, 9.17) is 4.98 Å². The molecule has 50 heavy (non-hydrogen) atoms. The van der Waals surface area contributed by atoms with Gasteiger partial charge in [0.1, 0.15) is 0 Å². The second-order valence-electron chi connectivity index (χ2n) is 14.1.